The highest BCUT2D eigenvalue weighted by atomic mass is 14.9. The smallest absolute Gasteiger partial charge is 0.0188 e. The van der Waals surface area contributed by atoms with Crippen molar-refractivity contribution in [2.24, 2.45) is 62.9 Å². The summed E-state index contributed by atoms with van der Waals surface area (Å²) in [6.45, 7) is 20.8. The van der Waals surface area contributed by atoms with Crippen LogP contribution in [0.15, 0.2) is 24.3 Å². The number of nitrogens with two attached hydrogens (primary N) is 1. The first-order valence-electron chi connectivity index (χ1n) is 16.1. The highest BCUT2D eigenvalue weighted by molar-refractivity contribution is 5.29. The van der Waals surface area contributed by atoms with Crippen molar-refractivity contribution in [1.29, 1.82) is 0 Å². The van der Waals surface area contributed by atoms with Crippen molar-refractivity contribution in [3.8, 4) is 0 Å². The van der Waals surface area contributed by atoms with E-state index in [-0.39, 0.29) is 5.54 Å². The maximum absolute atomic E-state index is 7.32. The standard InChI is InChI=1S/C36H57N/c1-23(2)26-15-20-36(37)22-21-34(7)28(31(26)36)13-14-30-33(6)18-16-27(25-11-9-24(3)10-12-25)32(4,5)29(33)17-19-35(30,34)8/h9-12,23,26-31H,13-22,37H2,1-8H3/t26-,27+,28+,29-,30+,31+,33-,34+,35+,36-/m0/s1. The summed E-state index contributed by atoms with van der Waals surface area (Å²) in [7, 11) is 0. The first kappa shape index (κ1) is 26.4. The summed E-state index contributed by atoms with van der Waals surface area (Å²) >= 11 is 0. The lowest BCUT2D eigenvalue weighted by Crippen LogP contribution is -2.68. The Balaban J connectivity index is 1.34. The minimum Gasteiger partial charge on any atom is -0.325 e. The van der Waals surface area contributed by atoms with Gasteiger partial charge in [0.2, 0.25) is 0 Å². The van der Waals surface area contributed by atoms with Crippen molar-refractivity contribution in [1.82, 2.24) is 0 Å². The summed E-state index contributed by atoms with van der Waals surface area (Å²) in [5.74, 6) is 5.58. The van der Waals surface area contributed by atoms with Crippen LogP contribution >= 0.6 is 0 Å². The molecular weight excluding hydrogens is 446 g/mol. The third-order valence-electron chi connectivity index (χ3n) is 14.9. The van der Waals surface area contributed by atoms with Crippen molar-refractivity contribution < 1.29 is 0 Å². The van der Waals surface area contributed by atoms with E-state index in [1.165, 1.54) is 69.8 Å². The fourth-order valence-electron chi connectivity index (χ4n) is 12.9. The first-order valence-corrected chi connectivity index (χ1v) is 16.1. The monoisotopic (exact) mass is 503 g/mol. The third kappa shape index (κ3) is 3.44. The van der Waals surface area contributed by atoms with E-state index >= 15 is 0 Å². The summed E-state index contributed by atoms with van der Waals surface area (Å²) in [6.07, 6.45) is 13.8. The minimum absolute atomic E-state index is 0.123. The number of hydrogen-bond donors (Lipinski definition) is 1. The Morgan fingerprint density at radius 2 is 1.43 bits per heavy atom. The largest absolute Gasteiger partial charge is 0.325 e. The van der Waals surface area contributed by atoms with Crippen LogP contribution in [0.4, 0.5) is 0 Å². The van der Waals surface area contributed by atoms with Crippen molar-refractivity contribution in [2.45, 2.75) is 131 Å². The van der Waals surface area contributed by atoms with E-state index in [0.29, 0.717) is 27.6 Å². The maximum Gasteiger partial charge on any atom is 0.0188 e. The Morgan fingerprint density at radius 3 is 2.11 bits per heavy atom. The number of hydrogen-bond acceptors (Lipinski definition) is 1. The minimum atomic E-state index is 0.123. The van der Waals surface area contributed by atoms with Gasteiger partial charge in [0, 0.05) is 5.54 Å². The van der Waals surface area contributed by atoms with Crippen LogP contribution in [0.2, 0.25) is 0 Å². The van der Waals surface area contributed by atoms with Gasteiger partial charge in [-0.1, -0.05) is 78.3 Å². The van der Waals surface area contributed by atoms with Gasteiger partial charge in [0.15, 0.2) is 0 Å². The molecule has 5 aliphatic carbocycles. The zero-order valence-electron chi connectivity index (χ0n) is 25.5. The van der Waals surface area contributed by atoms with Crippen LogP contribution in [0.3, 0.4) is 0 Å². The van der Waals surface area contributed by atoms with Crippen LogP contribution in [0.5, 0.6) is 0 Å². The molecule has 5 saturated carbocycles. The predicted molar refractivity (Wildman–Crippen MR) is 157 cm³/mol. The average Bonchev–Trinajstić information content (AvgIpc) is 3.18. The maximum atomic E-state index is 7.32. The highest BCUT2D eigenvalue weighted by Crippen LogP contribution is 2.77. The van der Waals surface area contributed by atoms with Crippen LogP contribution in [-0.2, 0) is 0 Å². The molecule has 5 fully saturated rings. The lowest BCUT2D eigenvalue weighted by atomic mass is 9.32. The molecule has 5 aliphatic rings. The molecule has 37 heavy (non-hydrogen) atoms. The van der Waals surface area contributed by atoms with Crippen molar-refractivity contribution >= 4 is 0 Å². The van der Waals surface area contributed by atoms with Crippen LogP contribution < -0.4 is 5.73 Å². The normalized spacial score (nSPS) is 50.6. The summed E-state index contributed by atoms with van der Waals surface area (Å²) in [5, 5.41) is 0. The molecule has 2 N–H and O–H groups in total. The van der Waals surface area contributed by atoms with Crippen LogP contribution in [-0.4, -0.2) is 5.54 Å². The average molecular weight is 504 g/mol. The van der Waals surface area contributed by atoms with E-state index in [0.717, 1.165) is 35.5 Å². The molecule has 1 aromatic rings. The fourth-order valence-corrected chi connectivity index (χ4v) is 12.9. The van der Waals surface area contributed by atoms with Crippen LogP contribution in [0.25, 0.3) is 0 Å². The molecule has 0 saturated heterocycles. The summed E-state index contributed by atoms with van der Waals surface area (Å²) in [6, 6.07) is 9.56. The van der Waals surface area contributed by atoms with E-state index < -0.39 is 0 Å². The van der Waals surface area contributed by atoms with Gasteiger partial charge >= 0.3 is 0 Å². The molecule has 10 atom stereocenters. The summed E-state index contributed by atoms with van der Waals surface area (Å²) in [4.78, 5) is 0. The van der Waals surface area contributed by atoms with Gasteiger partial charge in [-0.25, -0.2) is 0 Å². The summed E-state index contributed by atoms with van der Waals surface area (Å²) < 4.78 is 0. The predicted octanol–water partition coefficient (Wildman–Crippen LogP) is 9.53. The fraction of sp³-hybridized carbons (Fsp3) is 0.833. The molecule has 0 aliphatic heterocycles. The van der Waals surface area contributed by atoms with Crippen LogP contribution in [0, 0.1) is 64.1 Å². The molecule has 206 valence electrons. The van der Waals surface area contributed by atoms with Gasteiger partial charge in [-0.05, 0) is 140 Å². The molecule has 0 radical (unpaired) electrons. The van der Waals surface area contributed by atoms with Crippen molar-refractivity contribution in [2.75, 3.05) is 0 Å². The quantitative estimate of drug-likeness (QED) is 0.427. The second-order valence-electron chi connectivity index (χ2n) is 16.7. The second kappa shape index (κ2) is 8.34. The Hall–Kier alpha value is -0.820. The topological polar surface area (TPSA) is 26.0 Å². The molecule has 1 nitrogen and oxygen atoms in total. The van der Waals surface area contributed by atoms with Gasteiger partial charge in [-0.15, -0.1) is 0 Å². The molecular formula is C36H57N. The second-order valence-corrected chi connectivity index (χ2v) is 16.7. The van der Waals surface area contributed by atoms with Crippen LogP contribution in [0.1, 0.15) is 130 Å². The molecule has 1 heteroatoms. The lowest BCUT2D eigenvalue weighted by molar-refractivity contribution is -0.233. The van der Waals surface area contributed by atoms with Gasteiger partial charge in [0.1, 0.15) is 0 Å². The van der Waals surface area contributed by atoms with E-state index in [1.54, 1.807) is 5.56 Å². The third-order valence-corrected chi connectivity index (χ3v) is 14.9. The Kier molecular flexibility index (Phi) is 5.96. The Morgan fingerprint density at radius 1 is 0.730 bits per heavy atom. The van der Waals surface area contributed by atoms with E-state index in [9.17, 15) is 0 Å². The zero-order chi connectivity index (χ0) is 26.6. The molecule has 0 amide bonds. The van der Waals surface area contributed by atoms with Gasteiger partial charge < -0.3 is 5.73 Å². The molecule has 0 heterocycles. The van der Waals surface area contributed by atoms with Gasteiger partial charge in [0.05, 0.1) is 0 Å². The highest BCUT2D eigenvalue weighted by Gasteiger charge is 2.70. The molecule has 1 aromatic carbocycles. The van der Waals surface area contributed by atoms with Gasteiger partial charge in [0.25, 0.3) is 0 Å². The molecule has 0 unspecified atom stereocenters. The first-order chi connectivity index (χ1) is 17.3. The van der Waals surface area contributed by atoms with Gasteiger partial charge in [-0.3, -0.25) is 0 Å². The van der Waals surface area contributed by atoms with Crippen molar-refractivity contribution in [3.63, 3.8) is 0 Å². The Labute approximate surface area is 229 Å². The van der Waals surface area contributed by atoms with E-state index in [1.807, 2.05) is 0 Å². The zero-order valence-corrected chi connectivity index (χ0v) is 25.5. The number of rotatable bonds is 2. The lowest BCUT2D eigenvalue weighted by Gasteiger charge is -2.73. The van der Waals surface area contributed by atoms with Crippen molar-refractivity contribution in [3.05, 3.63) is 35.4 Å². The molecule has 6 rings (SSSR count). The Bertz CT molecular complexity index is 1020. The number of benzene rings is 1. The van der Waals surface area contributed by atoms with Gasteiger partial charge in [-0.2, -0.15) is 0 Å². The van der Waals surface area contributed by atoms with E-state index in [2.05, 4.69) is 79.7 Å². The summed E-state index contributed by atoms with van der Waals surface area (Å²) in [5.41, 5.74) is 12.2. The number of aryl methyl sites for hydroxylation is 1. The molecule has 0 aromatic heterocycles. The molecule has 0 bridgehead atoms. The molecule has 0 spiro atoms. The SMILES string of the molecule is Cc1ccc([C@H]2CC[C@]3(C)[C@H]4CC[C@@H]5[C@H]6[C@H](C(C)C)CC[C@]6(N)CC[C@@]5(C)[C@]4(C)CC[C@H]3C2(C)C)cc1. The number of fused-ring (bicyclic) bond motifs is 7. The van der Waals surface area contributed by atoms with E-state index in [4.69, 9.17) is 5.73 Å².